The monoisotopic (exact) mass is 442 g/mol. The van der Waals surface area contributed by atoms with E-state index in [2.05, 4.69) is 15.0 Å². The summed E-state index contributed by atoms with van der Waals surface area (Å²) in [6.07, 6.45) is -3.51. The molecule has 0 bridgehead atoms. The molecule has 0 spiro atoms. The highest BCUT2D eigenvalue weighted by molar-refractivity contribution is 5.91. The number of hydrogen-bond acceptors (Lipinski definition) is 7. The van der Waals surface area contributed by atoms with Crippen molar-refractivity contribution < 1.29 is 41.7 Å². The normalized spacial score (nSPS) is 11.9. The summed E-state index contributed by atoms with van der Waals surface area (Å²) in [5, 5.41) is 2.68. The van der Waals surface area contributed by atoms with Gasteiger partial charge in [0.15, 0.2) is 13.2 Å². The summed E-state index contributed by atoms with van der Waals surface area (Å²) in [7, 11) is 3.01. The average Bonchev–Trinajstić information content (AvgIpc) is 2.75. The van der Waals surface area contributed by atoms with Crippen LogP contribution in [-0.2, 0) is 9.53 Å². The van der Waals surface area contributed by atoms with E-state index in [1.54, 1.807) is 25.1 Å². The molecule has 2 rings (SSSR count). The number of alkyl halides is 3. The summed E-state index contributed by atoms with van der Waals surface area (Å²) < 4.78 is 56.2. The van der Waals surface area contributed by atoms with Crippen molar-refractivity contribution in [1.82, 2.24) is 10.3 Å². The first-order valence-electron chi connectivity index (χ1n) is 8.97. The van der Waals surface area contributed by atoms with Gasteiger partial charge in [-0.3, -0.25) is 4.79 Å². The summed E-state index contributed by atoms with van der Waals surface area (Å²) in [4.78, 5) is 27.8. The number of nitrogens with zero attached hydrogens (tertiary/aromatic N) is 1. The van der Waals surface area contributed by atoms with Gasteiger partial charge in [-0.25, -0.2) is 9.78 Å². The standard InChI is InChI=1S/C20H21F3N2O6/c1-12(15-8-14(28-2)5-6-16(15)29-3)25-17(26)10-30-19(27)13-4-7-18(24-9-13)31-11-20(21,22)23/h4-9,12H,10-11H2,1-3H3,(H,25,26). The predicted molar refractivity (Wildman–Crippen MR) is 102 cm³/mol. The second-order valence-electron chi connectivity index (χ2n) is 6.26. The number of hydrogen-bond donors (Lipinski definition) is 1. The first-order valence-corrected chi connectivity index (χ1v) is 8.97. The fourth-order valence-electron chi connectivity index (χ4n) is 2.50. The molecule has 0 fully saturated rings. The molecule has 168 valence electrons. The minimum absolute atomic E-state index is 0.0466. The number of benzene rings is 1. The number of methoxy groups -OCH3 is 2. The highest BCUT2D eigenvalue weighted by Gasteiger charge is 2.28. The minimum atomic E-state index is -4.50. The molecule has 2 aromatic rings. The SMILES string of the molecule is COc1ccc(OC)c(C(C)NC(=O)COC(=O)c2ccc(OCC(F)(F)F)nc2)c1. The van der Waals surface area contributed by atoms with E-state index in [1.165, 1.54) is 20.3 Å². The Morgan fingerprint density at radius 3 is 2.45 bits per heavy atom. The van der Waals surface area contributed by atoms with Gasteiger partial charge in [0.1, 0.15) is 11.5 Å². The number of halogens is 3. The van der Waals surface area contributed by atoms with E-state index in [0.29, 0.717) is 17.1 Å². The van der Waals surface area contributed by atoms with Gasteiger partial charge in [0.2, 0.25) is 5.88 Å². The Balaban J connectivity index is 1.89. The van der Waals surface area contributed by atoms with E-state index in [0.717, 1.165) is 12.3 Å². The molecule has 1 heterocycles. The molecule has 0 aliphatic rings. The van der Waals surface area contributed by atoms with Gasteiger partial charge in [-0.05, 0) is 31.2 Å². The van der Waals surface area contributed by atoms with Crippen LogP contribution in [0.15, 0.2) is 36.5 Å². The number of pyridine rings is 1. The Morgan fingerprint density at radius 2 is 1.87 bits per heavy atom. The molecular weight excluding hydrogens is 421 g/mol. The lowest BCUT2D eigenvalue weighted by Crippen LogP contribution is -2.31. The Morgan fingerprint density at radius 1 is 1.13 bits per heavy atom. The third-order valence-electron chi connectivity index (χ3n) is 3.97. The zero-order valence-corrected chi connectivity index (χ0v) is 17.0. The van der Waals surface area contributed by atoms with Gasteiger partial charge >= 0.3 is 12.1 Å². The number of nitrogens with one attached hydrogen (secondary N) is 1. The summed E-state index contributed by atoms with van der Waals surface area (Å²) in [5.74, 6) is -0.601. The number of amides is 1. The van der Waals surface area contributed by atoms with Gasteiger partial charge in [-0.15, -0.1) is 0 Å². The molecule has 0 saturated carbocycles. The molecule has 1 aromatic heterocycles. The zero-order valence-electron chi connectivity index (χ0n) is 17.0. The number of aromatic nitrogens is 1. The minimum Gasteiger partial charge on any atom is -0.497 e. The lowest BCUT2D eigenvalue weighted by molar-refractivity contribution is -0.154. The van der Waals surface area contributed by atoms with Gasteiger partial charge in [0.05, 0.1) is 25.8 Å². The third-order valence-corrected chi connectivity index (χ3v) is 3.97. The van der Waals surface area contributed by atoms with Crippen molar-refractivity contribution in [2.45, 2.75) is 19.1 Å². The summed E-state index contributed by atoms with van der Waals surface area (Å²) in [6.45, 7) is -0.345. The summed E-state index contributed by atoms with van der Waals surface area (Å²) in [5.41, 5.74) is 0.620. The highest BCUT2D eigenvalue weighted by Crippen LogP contribution is 2.29. The van der Waals surface area contributed by atoms with Gasteiger partial charge in [0, 0.05) is 17.8 Å². The van der Waals surface area contributed by atoms with Crippen molar-refractivity contribution in [3.8, 4) is 17.4 Å². The number of carbonyl (C=O) groups is 2. The van der Waals surface area contributed by atoms with Gasteiger partial charge in [-0.1, -0.05) is 0 Å². The van der Waals surface area contributed by atoms with Crippen LogP contribution in [0.2, 0.25) is 0 Å². The van der Waals surface area contributed by atoms with Crippen LogP contribution < -0.4 is 19.5 Å². The topological polar surface area (TPSA) is 96.0 Å². The van der Waals surface area contributed by atoms with Crippen LogP contribution >= 0.6 is 0 Å². The van der Waals surface area contributed by atoms with E-state index in [9.17, 15) is 22.8 Å². The first kappa shape index (κ1) is 23.8. The fraction of sp³-hybridized carbons (Fsp3) is 0.350. The molecule has 8 nitrogen and oxygen atoms in total. The van der Waals surface area contributed by atoms with Crippen LogP contribution in [0.25, 0.3) is 0 Å². The van der Waals surface area contributed by atoms with Crippen LogP contribution in [-0.4, -0.2) is 50.5 Å². The smallest absolute Gasteiger partial charge is 0.422 e. The number of rotatable bonds is 9. The van der Waals surface area contributed by atoms with Crippen molar-refractivity contribution in [2.24, 2.45) is 0 Å². The quantitative estimate of drug-likeness (QED) is 0.597. The van der Waals surface area contributed by atoms with E-state index >= 15 is 0 Å². The molecule has 1 unspecified atom stereocenters. The van der Waals surface area contributed by atoms with Crippen molar-refractivity contribution in [3.63, 3.8) is 0 Å². The Hall–Kier alpha value is -3.50. The van der Waals surface area contributed by atoms with Crippen LogP contribution in [0, 0.1) is 0 Å². The van der Waals surface area contributed by atoms with Crippen molar-refractivity contribution in [3.05, 3.63) is 47.7 Å². The van der Waals surface area contributed by atoms with Crippen LogP contribution in [0.5, 0.6) is 17.4 Å². The lowest BCUT2D eigenvalue weighted by Gasteiger charge is -2.18. The fourth-order valence-corrected chi connectivity index (χ4v) is 2.50. The lowest BCUT2D eigenvalue weighted by atomic mass is 10.1. The molecule has 0 saturated heterocycles. The zero-order chi connectivity index (χ0) is 23.0. The van der Waals surface area contributed by atoms with E-state index < -0.39 is 37.3 Å². The van der Waals surface area contributed by atoms with Crippen molar-refractivity contribution in [1.29, 1.82) is 0 Å². The van der Waals surface area contributed by atoms with Gasteiger partial charge < -0.3 is 24.3 Å². The second-order valence-corrected chi connectivity index (χ2v) is 6.26. The van der Waals surface area contributed by atoms with Crippen molar-refractivity contribution in [2.75, 3.05) is 27.4 Å². The number of ether oxygens (including phenoxy) is 4. The van der Waals surface area contributed by atoms with Gasteiger partial charge in [-0.2, -0.15) is 13.2 Å². The van der Waals surface area contributed by atoms with Crippen LogP contribution in [0.1, 0.15) is 28.9 Å². The maximum atomic E-state index is 12.1. The van der Waals surface area contributed by atoms with E-state index in [1.807, 2.05) is 0 Å². The highest BCUT2D eigenvalue weighted by atomic mass is 19.4. The third kappa shape index (κ3) is 7.36. The number of carbonyl (C=O) groups excluding carboxylic acids is 2. The second kappa shape index (κ2) is 10.5. The molecule has 0 aliphatic heterocycles. The molecule has 0 aliphatic carbocycles. The van der Waals surface area contributed by atoms with Crippen molar-refractivity contribution >= 4 is 11.9 Å². The van der Waals surface area contributed by atoms with Crippen LogP contribution in [0.3, 0.4) is 0 Å². The largest absolute Gasteiger partial charge is 0.497 e. The first-order chi connectivity index (χ1) is 14.6. The van der Waals surface area contributed by atoms with E-state index in [4.69, 9.17) is 14.2 Å². The molecule has 1 atom stereocenters. The molecule has 31 heavy (non-hydrogen) atoms. The molecular formula is C20H21F3N2O6. The summed E-state index contributed by atoms with van der Waals surface area (Å²) in [6, 6.07) is 6.94. The Bertz CT molecular complexity index is 903. The average molecular weight is 442 g/mol. The number of esters is 1. The maximum Gasteiger partial charge on any atom is 0.422 e. The molecule has 11 heteroatoms. The Labute approximate surface area is 176 Å². The molecule has 1 amide bonds. The Kier molecular flexibility index (Phi) is 8.06. The summed E-state index contributed by atoms with van der Waals surface area (Å²) >= 11 is 0. The maximum absolute atomic E-state index is 12.1. The van der Waals surface area contributed by atoms with Crippen LogP contribution in [0.4, 0.5) is 13.2 Å². The predicted octanol–water partition coefficient (Wildman–Crippen LogP) is 3.07. The van der Waals surface area contributed by atoms with Gasteiger partial charge in [0.25, 0.3) is 5.91 Å². The molecule has 1 N–H and O–H groups in total. The molecule has 1 aromatic carbocycles. The van der Waals surface area contributed by atoms with E-state index in [-0.39, 0.29) is 11.4 Å². The molecule has 0 radical (unpaired) electrons.